The van der Waals surface area contributed by atoms with Gasteiger partial charge in [0.1, 0.15) is 0 Å². The molecule has 2 N–H and O–H groups in total. The zero-order chi connectivity index (χ0) is 15.1. The molecule has 1 heterocycles. The van der Waals surface area contributed by atoms with E-state index in [1.165, 1.54) is 12.1 Å². The van der Waals surface area contributed by atoms with E-state index in [0.29, 0.717) is 0 Å². The summed E-state index contributed by atoms with van der Waals surface area (Å²) in [5.41, 5.74) is 0.384. The second-order valence-corrected chi connectivity index (χ2v) is 6.65. The molecule has 0 unspecified atom stereocenters. The van der Waals surface area contributed by atoms with E-state index >= 15 is 0 Å². The molecule has 7 heteroatoms. The first-order chi connectivity index (χ1) is 9.30. The van der Waals surface area contributed by atoms with E-state index in [9.17, 15) is 23.9 Å². The highest BCUT2D eigenvalue weighted by Gasteiger charge is 2.56. The molecule has 1 aromatic carbocycles. The van der Waals surface area contributed by atoms with Crippen LogP contribution in [0.5, 0.6) is 0 Å². The van der Waals surface area contributed by atoms with Crippen LogP contribution in [0.4, 0.5) is 0 Å². The summed E-state index contributed by atoms with van der Waals surface area (Å²) in [5.74, 6) is -1.28. The van der Waals surface area contributed by atoms with Crippen molar-refractivity contribution in [2.24, 2.45) is 0 Å². The maximum Gasteiger partial charge on any atom is 0.351 e. The Kier molecular flexibility index (Phi) is 3.58. The standard InChI is InChI=1S/C13H16NO5P/c1-3-13(4-2,20(17,18)19)14-11(15)9-7-5-6-8-10(9)12(14)16/h5-8H,3-4H2,1-2H3,(H2,17,18,19). The van der Waals surface area contributed by atoms with Crippen LogP contribution in [0.25, 0.3) is 0 Å². The Morgan fingerprint density at radius 2 is 1.45 bits per heavy atom. The molecule has 1 aliphatic rings. The first kappa shape index (κ1) is 14.9. The SMILES string of the molecule is CCC(CC)(N1C(=O)c2ccccc2C1=O)P(=O)(O)O. The monoisotopic (exact) mass is 297 g/mol. The van der Waals surface area contributed by atoms with Gasteiger partial charge in [0.25, 0.3) is 11.8 Å². The molecule has 0 saturated heterocycles. The Labute approximate surface area is 116 Å². The molecule has 0 fully saturated rings. The number of carbonyl (C=O) groups is 2. The first-order valence-electron chi connectivity index (χ1n) is 6.33. The third-order valence-electron chi connectivity index (χ3n) is 3.88. The van der Waals surface area contributed by atoms with Gasteiger partial charge in [-0.1, -0.05) is 26.0 Å². The highest BCUT2D eigenvalue weighted by Crippen LogP contribution is 2.57. The van der Waals surface area contributed by atoms with Crippen molar-refractivity contribution in [3.63, 3.8) is 0 Å². The van der Waals surface area contributed by atoms with Gasteiger partial charge in [-0.2, -0.15) is 0 Å². The van der Waals surface area contributed by atoms with E-state index in [-0.39, 0.29) is 24.0 Å². The van der Waals surface area contributed by atoms with Crippen molar-refractivity contribution in [3.8, 4) is 0 Å². The lowest BCUT2D eigenvalue weighted by Gasteiger charge is -2.39. The summed E-state index contributed by atoms with van der Waals surface area (Å²) < 4.78 is 11.9. The van der Waals surface area contributed by atoms with Crippen molar-refractivity contribution < 1.29 is 23.9 Å². The number of rotatable bonds is 4. The molecule has 0 radical (unpaired) electrons. The Balaban J connectivity index is 2.63. The minimum Gasteiger partial charge on any atom is -0.323 e. The number of fused-ring (bicyclic) bond motifs is 1. The van der Waals surface area contributed by atoms with Crippen LogP contribution in [-0.2, 0) is 4.57 Å². The second-order valence-electron chi connectivity index (χ2n) is 4.72. The van der Waals surface area contributed by atoms with Crippen LogP contribution >= 0.6 is 7.60 Å². The van der Waals surface area contributed by atoms with Crippen LogP contribution in [0, 0.1) is 0 Å². The van der Waals surface area contributed by atoms with Gasteiger partial charge in [0, 0.05) is 0 Å². The molecule has 0 bridgehead atoms. The average Bonchev–Trinajstić information content (AvgIpc) is 2.65. The second kappa shape index (κ2) is 4.81. The predicted molar refractivity (Wildman–Crippen MR) is 72.3 cm³/mol. The number of hydrogen-bond acceptors (Lipinski definition) is 3. The van der Waals surface area contributed by atoms with E-state index in [0.717, 1.165) is 4.90 Å². The van der Waals surface area contributed by atoms with Gasteiger partial charge in [0.05, 0.1) is 11.1 Å². The van der Waals surface area contributed by atoms with Gasteiger partial charge < -0.3 is 9.79 Å². The number of hydrogen-bond donors (Lipinski definition) is 2. The van der Waals surface area contributed by atoms with Gasteiger partial charge in [-0.3, -0.25) is 19.1 Å². The van der Waals surface area contributed by atoms with Crippen LogP contribution in [-0.4, -0.2) is 31.8 Å². The van der Waals surface area contributed by atoms with E-state index < -0.39 is 24.7 Å². The summed E-state index contributed by atoms with van der Waals surface area (Å²) >= 11 is 0. The Bertz CT molecular complexity index is 582. The molecular formula is C13H16NO5P. The number of benzene rings is 1. The Morgan fingerprint density at radius 3 is 1.75 bits per heavy atom. The Morgan fingerprint density at radius 1 is 1.05 bits per heavy atom. The minimum absolute atomic E-state index is 0.000748. The van der Waals surface area contributed by atoms with E-state index in [1.54, 1.807) is 26.0 Å². The summed E-state index contributed by atoms with van der Waals surface area (Å²) in [6.45, 7) is 3.12. The topological polar surface area (TPSA) is 94.9 Å². The number of nitrogens with zero attached hydrogens (tertiary/aromatic N) is 1. The first-order valence-corrected chi connectivity index (χ1v) is 7.95. The molecule has 2 amide bonds. The van der Waals surface area contributed by atoms with Gasteiger partial charge in [-0.25, -0.2) is 0 Å². The van der Waals surface area contributed by atoms with Crippen LogP contribution in [0.15, 0.2) is 24.3 Å². The lowest BCUT2D eigenvalue weighted by atomic mass is 10.1. The molecular weight excluding hydrogens is 281 g/mol. The molecule has 1 aromatic rings. The van der Waals surface area contributed by atoms with Crippen LogP contribution < -0.4 is 0 Å². The number of imide groups is 1. The van der Waals surface area contributed by atoms with Gasteiger partial charge >= 0.3 is 7.60 Å². The quantitative estimate of drug-likeness (QED) is 0.654. The summed E-state index contributed by atoms with van der Waals surface area (Å²) in [6, 6.07) is 6.21. The number of carbonyl (C=O) groups excluding carboxylic acids is 2. The van der Waals surface area contributed by atoms with Crippen molar-refractivity contribution in [1.82, 2.24) is 4.90 Å². The third kappa shape index (κ3) is 1.84. The molecule has 0 atom stereocenters. The molecule has 1 aliphatic heterocycles. The highest BCUT2D eigenvalue weighted by atomic mass is 31.2. The average molecular weight is 297 g/mol. The fraction of sp³-hybridized carbons (Fsp3) is 0.385. The summed E-state index contributed by atoms with van der Waals surface area (Å²) in [5, 5.41) is -1.78. The highest BCUT2D eigenvalue weighted by molar-refractivity contribution is 7.53. The van der Waals surface area contributed by atoms with E-state index in [1.807, 2.05) is 0 Å². The van der Waals surface area contributed by atoms with Gasteiger partial charge in [-0.15, -0.1) is 0 Å². The van der Waals surface area contributed by atoms with E-state index in [4.69, 9.17) is 0 Å². The van der Waals surface area contributed by atoms with Gasteiger partial charge in [0.2, 0.25) is 0 Å². The zero-order valence-corrected chi connectivity index (χ0v) is 12.1. The lowest BCUT2D eigenvalue weighted by Crippen LogP contribution is -2.50. The molecule has 108 valence electrons. The van der Waals surface area contributed by atoms with Crippen molar-refractivity contribution in [2.45, 2.75) is 32.0 Å². The number of amides is 2. The largest absolute Gasteiger partial charge is 0.351 e. The zero-order valence-electron chi connectivity index (χ0n) is 11.2. The minimum atomic E-state index is -4.67. The van der Waals surface area contributed by atoms with E-state index in [2.05, 4.69) is 0 Å². The smallest absolute Gasteiger partial charge is 0.323 e. The molecule has 0 spiro atoms. The van der Waals surface area contributed by atoms with Gasteiger partial charge in [0.15, 0.2) is 5.28 Å². The van der Waals surface area contributed by atoms with Crippen molar-refractivity contribution in [3.05, 3.63) is 35.4 Å². The maximum absolute atomic E-state index is 12.4. The molecule has 6 nitrogen and oxygen atoms in total. The summed E-state index contributed by atoms with van der Waals surface area (Å²) in [7, 11) is -4.67. The third-order valence-corrected chi connectivity index (χ3v) is 5.80. The van der Waals surface area contributed by atoms with Gasteiger partial charge in [-0.05, 0) is 25.0 Å². The lowest BCUT2D eigenvalue weighted by molar-refractivity contribution is 0.0486. The van der Waals surface area contributed by atoms with Crippen LogP contribution in [0.3, 0.4) is 0 Å². The molecule has 0 saturated carbocycles. The molecule has 0 aromatic heterocycles. The Hall–Kier alpha value is -1.49. The normalized spacial score (nSPS) is 15.7. The van der Waals surface area contributed by atoms with Crippen molar-refractivity contribution in [2.75, 3.05) is 0 Å². The molecule has 0 aliphatic carbocycles. The maximum atomic E-state index is 12.4. The molecule has 20 heavy (non-hydrogen) atoms. The van der Waals surface area contributed by atoms with Crippen molar-refractivity contribution >= 4 is 19.4 Å². The fourth-order valence-electron chi connectivity index (χ4n) is 2.68. The fourth-order valence-corrected chi connectivity index (χ4v) is 3.94. The van der Waals surface area contributed by atoms with Crippen molar-refractivity contribution in [1.29, 1.82) is 0 Å². The predicted octanol–water partition coefficient (Wildman–Crippen LogP) is 1.98. The summed E-state index contributed by atoms with van der Waals surface area (Å²) in [4.78, 5) is 44.8. The van der Waals surface area contributed by atoms with Crippen LogP contribution in [0.1, 0.15) is 47.4 Å². The summed E-state index contributed by atoms with van der Waals surface area (Å²) in [6.07, 6.45) is -0.00150. The van der Waals surface area contributed by atoms with Crippen LogP contribution in [0.2, 0.25) is 0 Å². The molecule has 2 rings (SSSR count).